The Bertz CT molecular complexity index is 233. The van der Waals surface area contributed by atoms with Gasteiger partial charge in [-0.2, -0.15) is 0 Å². The van der Waals surface area contributed by atoms with Gasteiger partial charge < -0.3 is 14.8 Å². The van der Waals surface area contributed by atoms with Gasteiger partial charge in [0.05, 0.1) is 25.4 Å². The number of ether oxygens (including phenoxy) is 2. The predicted octanol–water partition coefficient (Wildman–Crippen LogP) is 4.30. The average Bonchev–Trinajstić information content (AvgIpc) is 2.45. The lowest BCUT2D eigenvalue weighted by Crippen LogP contribution is -2.40. The molecule has 0 amide bonds. The molecule has 0 heterocycles. The molecular weight excluding hydrogens is 262 g/mol. The Balaban J connectivity index is 2.38. The van der Waals surface area contributed by atoms with E-state index < -0.39 is 0 Å². The Morgan fingerprint density at radius 2 is 1.43 bits per heavy atom. The van der Waals surface area contributed by atoms with Crippen molar-refractivity contribution in [2.24, 2.45) is 0 Å². The van der Waals surface area contributed by atoms with Gasteiger partial charge in [0.15, 0.2) is 0 Å². The van der Waals surface area contributed by atoms with E-state index in [1.165, 1.54) is 64.2 Å². The Labute approximate surface area is 132 Å². The summed E-state index contributed by atoms with van der Waals surface area (Å²) in [4.78, 5) is 0. The molecule has 2 atom stereocenters. The van der Waals surface area contributed by atoms with Crippen molar-refractivity contribution >= 4 is 0 Å². The van der Waals surface area contributed by atoms with Crippen LogP contribution < -0.4 is 5.32 Å². The number of nitrogens with one attached hydrogen (secondary N) is 1. The van der Waals surface area contributed by atoms with Gasteiger partial charge in [-0.1, -0.05) is 51.4 Å². The smallest absolute Gasteiger partial charge is 0.0729 e. The molecule has 1 N–H and O–H groups in total. The maximum atomic E-state index is 6.15. The molecule has 0 saturated heterocycles. The first-order valence-corrected chi connectivity index (χ1v) is 9.14. The molecule has 1 fully saturated rings. The Hall–Kier alpha value is -0.120. The van der Waals surface area contributed by atoms with Crippen molar-refractivity contribution in [3.8, 4) is 0 Å². The van der Waals surface area contributed by atoms with Crippen molar-refractivity contribution < 1.29 is 9.47 Å². The largest absolute Gasteiger partial charge is 0.376 e. The lowest BCUT2D eigenvalue weighted by Gasteiger charge is -2.28. The van der Waals surface area contributed by atoms with Crippen LogP contribution in [0.15, 0.2) is 0 Å². The molecule has 126 valence electrons. The van der Waals surface area contributed by atoms with E-state index in [4.69, 9.17) is 9.47 Å². The first-order valence-electron chi connectivity index (χ1n) is 9.14. The standard InChI is InChI=1S/C18H37NO2/c1-16(2)20-14-15-21-18-13-11-9-7-5-4-6-8-10-12-17(18)19-3/h16-19H,4-15H2,1-3H3. The van der Waals surface area contributed by atoms with Crippen LogP contribution >= 0.6 is 0 Å². The summed E-state index contributed by atoms with van der Waals surface area (Å²) in [5, 5.41) is 3.49. The molecule has 0 aromatic heterocycles. The van der Waals surface area contributed by atoms with Gasteiger partial charge in [-0.25, -0.2) is 0 Å². The molecule has 3 heteroatoms. The molecule has 0 aromatic carbocycles. The number of likely N-dealkylation sites (N-methyl/N-ethyl adjacent to an activating group) is 1. The molecule has 0 radical (unpaired) electrons. The van der Waals surface area contributed by atoms with E-state index in [0.717, 1.165) is 6.61 Å². The molecule has 1 aliphatic rings. The Kier molecular flexibility index (Phi) is 11.2. The molecule has 0 aromatic rings. The van der Waals surface area contributed by atoms with Crippen LogP contribution in [-0.4, -0.2) is 38.5 Å². The molecule has 2 unspecified atom stereocenters. The van der Waals surface area contributed by atoms with E-state index in [0.29, 0.717) is 24.9 Å². The van der Waals surface area contributed by atoms with E-state index in [1.807, 2.05) is 0 Å². The molecule has 1 saturated carbocycles. The van der Waals surface area contributed by atoms with Crippen molar-refractivity contribution in [3.05, 3.63) is 0 Å². The summed E-state index contributed by atoms with van der Waals surface area (Å²) in [7, 11) is 2.08. The summed E-state index contributed by atoms with van der Waals surface area (Å²) < 4.78 is 11.7. The predicted molar refractivity (Wildman–Crippen MR) is 89.8 cm³/mol. The van der Waals surface area contributed by atoms with Crippen LogP contribution in [0, 0.1) is 0 Å². The van der Waals surface area contributed by atoms with Crippen molar-refractivity contribution in [1.82, 2.24) is 5.32 Å². The van der Waals surface area contributed by atoms with Crippen molar-refractivity contribution in [3.63, 3.8) is 0 Å². The fourth-order valence-electron chi connectivity index (χ4n) is 3.17. The fraction of sp³-hybridized carbons (Fsp3) is 1.00. The summed E-state index contributed by atoms with van der Waals surface area (Å²) >= 11 is 0. The van der Waals surface area contributed by atoms with Crippen LogP contribution in [0.3, 0.4) is 0 Å². The monoisotopic (exact) mass is 299 g/mol. The van der Waals surface area contributed by atoms with Crippen LogP contribution in [0.1, 0.15) is 78.1 Å². The molecule has 0 spiro atoms. The second-order valence-corrected chi connectivity index (χ2v) is 6.63. The first-order chi connectivity index (χ1) is 10.2. The SMILES string of the molecule is CNC1CCCCCCCCCCC1OCCOC(C)C. The highest BCUT2D eigenvalue weighted by molar-refractivity contribution is 4.76. The highest BCUT2D eigenvalue weighted by atomic mass is 16.5. The summed E-state index contributed by atoms with van der Waals surface area (Å²) in [5.74, 6) is 0. The molecule has 1 rings (SSSR count). The highest BCUT2D eigenvalue weighted by Crippen LogP contribution is 2.19. The number of hydrogen-bond acceptors (Lipinski definition) is 3. The zero-order valence-electron chi connectivity index (χ0n) is 14.5. The quantitative estimate of drug-likeness (QED) is 0.742. The maximum absolute atomic E-state index is 6.15. The Morgan fingerprint density at radius 3 is 2.00 bits per heavy atom. The lowest BCUT2D eigenvalue weighted by atomic mass is 9.96. The van der Waals surface area contributed by atoms with Crippen LogP contribution in [0.2, 0.25) is 0 Å². The van der Waals surface area contributed by atoms with Crippen LogP contribution in [0.25, 0.3) is 0 Å². The zero-order valence-corrected chi connectivity index (χ0v) is 14.5. The van der Waals surface area contributed by atoms with E-state index in [-0.39, 0.29) is 0 Å². The first kappa shape index (κ1) is 18.9. The zero-order chi connectivity index (χ0) is 15.3. The third kappa shape index (κ3) is 9.49. The number of hydrogen-bond donors (Lipinski definition) is 1. The second kappa shape index (κ2) is 12.4. The van der Waals surface area contributed by atoms with E-state index in [9.17, 15) is 0 Å². The fourth-order valence-corrected chi connectivity index (χ4v) is 3.17. The maximum Gasteiger partial charge on any atom is 0.0729 e. The van der Waals surface area contributed by atoms with E-state index in [2.05, 4.69) is 26.2 Å². The molecule has 3 nitrogen and oxygen atoms in total. The molecule has 0 bridgehead atoms. The average molecular weight is 299 g/mol. The van der Waals surface area contributed by atoms with Gasteiger partial charge >= 0.3 is 0 Å². The van der Waals surface area contributed by atoms with Gasteiger partial charge in [0.2, 0.25) is 0 Å². The van der Waals surface area contributed by atoms with Crippen LogP contribution in [0.4, 0.5) is 0 Å². The minimum Gasteiger partial charge on any atom is -0.376 e. The second-order valence-electron chi connectivity index (χ2n) is 6.63. The topological polar surface area (TPSA) is 30.5 Å². The third-order valence-electron chi connectivity index (χ3n) is 4.44. The normalized spacial score (nSPS) is 26.3. The van der Waals surface area contributed by atoms with Gasteiger partial charge in [-0.05, 0) is 33.7 Å². The van der Waals surface area contributed by atoms with E-state index in [1.54, 1.807) is 0 Å². The van der Waals surface area contributed by atoms with Gasteiger partial charge in [-0.3, -0.25) is 0 Å². The summed E-state index contributed by atoms with van der Waals surface area (Å²) in [6.07, 6.45) is 14.1. The van der Waals surface area contributed by atoms with Gasteiger partial charge in [0.25, 0.3) is 0 Å². The van der Waals surface area contributed by atoms with Gasteiger partial charge in [0, 0.05) is 6.04 Å². The third-order valence-corrected chi connectivity index (χ3v) is 4.44. The minimum atomic E-state index is 0.296. The summed E-state index contributed by atoms with van der Waals surface area (Å²) in [5.41, 5.74) is 0. The molecule has 0 aliphatic heterocycles. The van der Waals surface area contributed by atoms with Crippen LogP contribution in [0.5, 0.6) is 0 Å². The van der Waals surface area contributed by atoms with Gasteiger partial charge in [0.1, 0.15) is 0 Å². The Morgan fingerprint density at radius 1 is 0.857 bits per heavy atom. The molecular formula is C18H37NO2. The van der Waals surface area contributed by atoms with Crippen LogP contribution in [-0.2, 0) is 9.47 Å². The lowest BCUT2D eigenvalue weighted by molar-refractivity contribution is -0.0295. The molecule has 21 heavy (non-hydrogen) atoms. The number of rotatable bonds is 6. The summed E-state index contributed by atoms with van der Waals surface area (Å²) in [6, 6.07) is 0.503. The highest BCUT2D eigenvalue weighted by Gasteiger charge is 2.20. The minimum absolute atomic E-state index is 0.296. The van der Waals surface area contributed by atoms with Gasteiger partial charge in [-0.15, -0.1) is 0 Å². The summed E-state index contributed by atoms with van der Waals surface area (Å²) in [6.45, 7) is 5.59. The van der Waals surface area contributed by atoms with Crippen molar-refractivity contribution in [1.29, 1.82) is 0 Å². The molecule has 1 aliphatic carbocycles. The van der Waals surface area contributed by atoms with E-state index >= 15 is 0 Å². The van der Waals surface area contributed by atoms with Crippen molar-refractivity contribution in [2.45, 2.75) is 96.3 Å². The van der Waals surface area contributed by atoms with Crippen molar-refractivity contribution in [2.75, 3.05) is 20.3 Å².